The molecule has 1 unspecified atom stereocenters. The first-order chi connectivity index (χ1) is 9.93. The highest BCUT2D eigenvalue weighted by Crippen LogP contribution is 2.37. The van der Waals surface area contributed by atoms with E-state index in [4.69, 9.17) is 0 Å². The zero-order chi connectivity index (χ0) is 15.5. The summed E-state index contributed by atoms with van der Waals surface area (Å²) in [5.74, 6) is 0.587. The summed E-state index contributed by atoms with van der Waals surface area (Å²) < 4.78 is 0. The molecule has 1 aromatic rings. The highest BCUT2D eigenvalue weighted by atomic mass is 16.6. The zero-order valence-corrected chi connectivity index (χ0v) is 12.8. The molecule has 1 fully saturated rings. The van der Waals surface area contributed by atoms with Crippen LogP contribution < -0.4 is 10.6 Å². The number of hydrogen-bond acceptors (Lipinski definition) is 6. The van der Waals surface area contributed by atoms with Crippen molar-refractivity contribution in [3.8, 4) is 0 Å². The lowest BCUT2D eigenvalue weighted by atomic mass is 9.75. The molecular formula is C14H23N5O2. The van der Waals surface area contributed by atoms with Gasteiger partial charge in [0.15, 0.2) is 0 Å². The Morgan fingerprint density at radius 3 is 2.76 bits per heavy atom. The Kier molecular flexibility index (Phi) is 4.59. The summed E-state index contributed by atoms with van der Waals surface area (Å²) in [6, 6.07) is 0.219. The predicted octanol–water partition coefficient (Wildman–Crippen LogP) is 3.20. The Morgan fingerprint density at radius 1 is 1.43 bits per heavy atom. The fourth-order valence-corrected chi connectivity index (χ4v) is 2.97. The van der Waals surface area contributed by atoms with Gasteiger partial charge in [0.05, 0.1) is 4.92 Å². The van der Waals surface area contributed by atoms with Crippen molar-refractivity contribution < 1.29 is 4.92 Å². The summed E-state index contributed by atoms with van der Waals surface area (Å²) in [6.45, 7) is 6.93. The van der Waals surface area contributed by atoms with E-state index in [0.29, 0.717) is 12.4 Å². The van der Waals surface area contributed by atoms with Crippen LogP contribution in [0.25, 0.3) is 0 Å². The van der Waals surface area contributed by atoms with Crippen LogP contribution >= 0.6 is 0 Å². The van der Waals surface area contributed by atoms with Crippen molar-refractivity contribution in [1.82, 2.24) is 9.97 Å². The highest BCUT2D eigenvalue weighted by molar-refractivity contribution is 5.69. The second kappa shape index (κ2) is 6.24. The molecular weight excluding hydrogens is 270 g/mol. The highest BCUT2D eigenvalue weighted by Gasteiger charge is 2.30. The van der Waals surface area contributed by atoms with Crippen LogP contribution in [0.4, 0.5) is 17.3 Å². The van der Waals surface area contributed by atoms with Crippen LogP contribution in [0.15, 0.2) is 6.33 Å². The van der Waals surface area contributed by atoms with Gasteiger partial charge in [0, 0.05) is 12.6 Å². The predicted molar refractivity (Wildman–Crippen MR) is 82.5 cm³/mol. The third-order valence-corrected chi connectivity index (χ3v) is 3.90. The van der Waals surface area contributed by atoms with Crippen LogP contribution in [0.3, 0.4) is 0 Å². The summed E-state index contributed by atoms with van der Waals surface area (Å²) in [5, 5.41) is 17.5. The Labute approximate surface area is 124 Å². The fraction of sp³-hybridized carbons (Fsp3) is 0.714. The van der Waals surface area contributed by atoms with Gasteiger partial charge in [0.25, 0.3) is 0 Å². The number of aromatic nitrogens is 2. The Hall–Kier alpha value is -1.92. The number of nitrogens with zero attached hydrogens (tertiary/aromatic N) is 3. The summed E-state index contributed by atoms with van der Waals surface area (Å²) >= 11 is 0. The van der Waals surface area contributed by atoms with Gasteiger partial charge in [-0.3, -0.25) is 10.1 Å². The van der Waals surface area contributed by atoms with E-state index in [9.17, 15) is 10.1 Å². The van der Waals surface area contributed by atoms with Crippen molar-refractivity contribution in [1.29, 1.82) is 0 Å². The van der Waals surface area contributed by atoms with Crippen molar-refractivity contribution in [3.63, 3.8) is 0 Å². The van der Waals surface area contributed by atoms with E-state index >= 15 is 0 Å². The number of nitro groups is 1. The molecule has 1 aliphatic carbocycles. The van der Waals surface area contributed by atoms with Crippen LogP contribution in [-0.4, -0.2) is 27.5 Å². The molecule has 2 N–H and O–H groups in total. The van der Waals surface area contributed by atoms with E-state index in [1.807, 2.05) is 6.92 Å². The third kappa shape index (κ3) is 3.80. The van der Waals surface area contributed by atoms with Crippen molar-refractivity contribution in [2.75, 3.05) is 17.2 Å². The van der Waals surface area contributed by atoms with Gasteiger partial charge in [-0.15, -0.1) is 0 Å². The van der Waals surface area contributed by atoms with Crippen LogP contribution in [-0.2, 0) is 0 Å². The Morgan fingerprint density at radius 2 is 2.14 bits per heavy atom. The van der Waals surface area contributed by atoms with E-state index < -0.39 is 4.92 Å². The van der Waals surface area contributed by atoms with Gasteiger partial charge in [0.1, 0.15) is 6.33 Å². The van der Waals surface area contributed by atoms with Crippen molar-refractivity contribution in [3.05, 3.63) is 16.4 Å². The molecule has 0 radical (unpaired) electrons. The molecule has 1 aliphatic rings. The van der Waals surface area contributed by atoms with Gasteiger partial charge >= 0.3 is 5.69 Å². The van der Waals surface area contributed by atoms with Crippen LogP contribution in [0.5, 0.6) is 0 Å². The average Bonchev–Trinajstić information content (AvgIpc) is 2.37. The first kappa shape index (κ1) is 15.5. The minimum Gasteiger partial charge on any atom is -0.364 e. The van der Waals surface area contributed by atoms with Gasteiger partial charge in [-0.25, -0.2) is 9.97 Å². The number of anilines is 2. The number of nitrogens with one attached hydrogen (secondary N) is 2. The largest absolute Gasteiger partial charge is 0.364 e. The first-order valence-corrected chi connectivity index (χ1v) is 7.43. The lowest BCUT2D eigenvalue weighted by Crippen LogP contribution is -2.32. The molecule has 1 atom stereocenters. The van der Waals surface area contributed by atoms with Crippen LogP contribution in [0.1, 0.15) is 46.5 Å². The van der Waals surface area contributed by atoms with Crippen LogP contribution in [0.2, 0.25) is 0 Å². The summed E-state index contributed by atoms with van der Waals surface area (Å²) in [7, 11) is 0. The van der Waals surface area contributed by atoms with Gasteiger partial charge in [-0.1, -0.05) is 20.3 Å². The monoisotopic (exact) mass is 293 g/mol. The maximum atomic E-state index is 11.3. The molecule has 0 amide bonds. The van der Waals surface area contributed by atoms with Crippen molar-refractivity contribution in [2.45, 2.75) is 52.5 Å². The van der Waals surface area contributed by atoms with E-state index in [0.717, 1.165) is 19.3 Å². The maximum Gasteiger partial charge on any atom is 0.353 e. The van der Waals surface area contributed by atoms with Crippen LogP contribution in [0, 0.1) is 15.5 Å². The summed E-state index contributed by atoms with van der Waals surface area (Å²) in [6.07, 6.45) is 5.69. The lowest BCUT2D eigenvalue weighted by Gasteiger charge is -2.35. The molecule has 0 spiro atoms. The Balaban J connectivity index is 2.23. The smallest absolute Gasteiger partial charge is 0.353 e. The maximum absolute atomic E-state index is 11.3. The van der Waals surface area contributed by atoms with Crippen molar-refractivity contribution >= 4 is 17.3 Å². The molecule has 1 saturated carbocycles. The SMILES string of the molecule is CCNc1ncnc(NC2CCCC(C)(C)C2)c1[N+](=O)[O-]. The van der Waals surface area contributed by atoms with E-state index in [2.05, 4.69) is 34.4 Å². The molecule has 7 heteroatoms. The second-order valence-electron chi connectivity index (χ2n) is 6.31. The first-order valence-electron chi connectivity index (χ1n) is 7.43. The molecule has 0 saturated heterocycles. The van der Waals surface area contributed by atoms with E-state index in [-0.39, 0.29) is 23.0 Å². The van der Waals surface area contributed by atoms with Gasteiger partial charge in [0.2, 0.25) is 11.6 Å². The van der Waals surface area contributed by atoms with Crippen molar-refractivity contribution in [2.24, 2.45) is 5.41 Å². The van der Waals surface area contributed by atoms with Gasteiger partial charge < -0.3 is 10.6 Å². The number of rotatable bonds is 5. The van der Waals surface area contributed by atoms with E-state index in [1.165, 1.54) is 12.7 Å². The molecule has 0 bridgehead atoms. The molecule has 21 heavy (non-hydrogen) atoms. The quantitative estimate of drug-likeness (QED) is 0.639. The normalized spacial score (nSPS) is 20.8. The lowest BCUT2D eigenvalue weighted by molar-refractivity contribution is -0.383. The third-order valence-electron chi connectivity index (χ3n) is 3.90. The summed E-state index contributed by atoms with van der Waals surface area (Å²) in [4.78, 5) is 19.0. The minimum absolute atomic E-state index is 0.0669. The van der Waals surface area contributed by atoms with Gasteiger partial charge in [-0.05, 0) is 31.6 Å². The van der Waals surface area contributed by atoms with Gasteiger partial charge in [-0.2, -0.15) is 0 Å². The summed E-state index contributed by atoms with van der Waals surface area (Å²) in [5.41, 5.74) is 0.199. The average molecular weight is 293 g/mol. The molecule has 116 valence electrons. The number of hydrogen-bond donors (Lipinski definition) is 2. The topological polar surface area (TPSA) is 93.0 Å². The standard InChI is InChI=1S/C14H23N5O2/c1-4-15-12-11(19(20)21)13(17-9-16-12)18-10-6-5-7-14(2,3)8-10/h9-10H,4-8H2,1-3H3,(H2,15,16,17,18). The second-order valence-corrected chi connectivity index (χ2v) is 6.31. The molecule has 2 rings (SSSR count). The molecule has 0 aromatic carbocycles. The Bertz CT molecular complexity index is 518. The zero-order valence-electron chi connectivity index (χ0n) is 12.8. The molecule has 7 nitrogen and oxygen atoms in total. The minimum atomic E-state index is -0.422. The van der Waals surface area contributed by atoms with E-state index in [1.54, 1.807) is 0 Å². The fourth-order valence-electron chi connectivity index (χ4n) is 2.97. The molecule has 1 aromatic heterocycles. The molecule has 0 aliphatic heterocycles. The molecule has 1 heterocycles.